The van der Waals surface area contributed by atoms with Crippen molar-refractivity contribution in [2.45, 2.75) is 26.7 Å². The molecular formula is C15H20N2O3. The van der Waals surface area contributed by atoms with Crippen molar-refractivity contribution in [3.05, 3.63) is 29.3 Å². The van der Waals surface area contributed by atoms with E-state index in [1.807, 2.05) is 0 Å². The molecule has 1 aromatic carbocycles. The molecule has 0 spiro atoms. The second-order valence-electron chi connectivity index (χ2n) is 5.25. The number of carboxylic acid groups (broad SMARTS) is 1. The van der Waals surface area contributed by atoms with Crippen molar-refractivity contribution in [3.8, 4) is 0 Å². The van der Waals surface area contributed by atoms with Gasteiger partial charge in [0.25, 0.3) is 0 Å². The quantitative estimate of drug-likeness (QED) is 0.887. The minimum absolute atomic E-state index is 0.105. The molecular weight excluding hydrogens is 256 g/mol. The number of hydrogen-bond donors (Lipinski definition) is 2. The van der Waals surface area contributed by atoms with Crippen molar-refractivity contribution >= 4 is 17.7 Å². The lowest BCUT2D eigenvalue weighted by Crippen LogP contribution is -2.40. The van der Waals surface area contributed by atoms with Crippen molar-refractivity contribution in [2.24, 2.45) is 5.92 Å². The summed E-state index contributed by atoms with van der Waals surface area (Å²) in [6, 6.07) is 4.81. The molecule has 1 atom stereocenters. The van der Waals surface area contributed by atoms with Gasteiger partial charge in [-0.1, -0.05) is 20.3 Å². The number of nitrogens with zero attached hydrogens (tertiary/aromatic N) is 1. The Labute approximate surface area is 118 Å². The molecule has 1 heterocycles. The highest BCUT2D eigenvalue weighted by Crippen LogP contribution is 2.28. The Balaban J connectivity index is 2.08. The topological polar surface area (TPSA) is 69.6 Å². The lowest BCUT2D eigenvalue weighted by atomic mass is 10.1. The van der Waals surface area contributed by atoms with Crippen LogP contribution in [-0.2, 0) is 6.42 Å². The van der Waals surface area contributed by atoms with Crippen molar-refractivity contribution in [1.29, 1.82) is 0 Å². The summed E-state index contributed by atoms with van der Waals surface area (Å²) in [5.41, 5.74) is 2.01. The fourth-order valence-electron chi connectivity index (χ4n) is 2.25. The van der Waals surface area contributed by atoms with Crippen LogP contribution in [-0.4, -0.2) is 30.2 Å². The first-order valence-corrected chi connectivity index (χ1v) is 6.94. The highest BCUT2D eigenvalue weighted by Gasteiger charge is 2.25. The fraction of sp³-hybridized carbons (Fsp3) is 0.467. The van der Waals surface area contributed by atoms with Gasteiger partial charge < -0.3 is 10.4 Å². The predicted octanol–water partition coefficient (Wildman–Crippen LogP) is 2.50. The summed E-state index contributed by atoms with van der Waals surface area (Å²) in [5, 5.41) is 11.9. The Morgan fingerprint density at radius 2 is 2.20 bits per heavy atom. The maximum absolute atomic E-state index is 12.1. The molecule has 5 nitrogen and oxygen atoms in total. The molecule has 1 aliphatic heterocycles. The first kappa shape index (κ1) is 14.4. The molecule has 2 rings (SSSR count). The average molecular weight is 276 g/mol. The number of fused-ring (bicyclic) bond motifs is 1. The van der Waals surface area contributed by atoms with Gasteiger partial charge >= 0.3 is 12.0 Å². The number of urea groups is 1. The third-order valence-corrected chi connectivity index (χ3v) is 3.77. The van der Waals surface area contributed by atoms with Crippen molar-refractivity contribution in [1.82, 2.24) is 5.32 Å². The van der Waals surface area contributed by atoms with Gasteiger partial charge in [0.1, 0.15) is 0 Å². The van der Waals surface area contributed by atoms with Crippen LogP contribution < -0.4 is 10.2 Å². The molecule has 5 heteroatoms. The molecule has 0 fully saturated rings. The molecule has 0 radical (unpaired) electrons. The zero-order chi connectivity index (χ0) is 14.7. The normalized spacial score (nSPS) is 14.8. The zero-order valence-electron chi connectivity index (χ0n) is 11.8. The highest BCUT2D eigenvalue weighted by molar-refractivity contribution is 5.96. The molecule has 0 aromatic heterocycles. The van der Waals surface area contributed by atoms with Gasteiger partial charge in [0.15, 0.2) is 0 Å². The lowest BCUT2D eigenvalue weighted by Gasteiger charge is -2.19. The van der Waals surface area contributed by atoms with E-state index in [0.717, 1.165) is 17.7 Å². The Kier molecular flexibility index (Phi) is 4.27. The summed E-state index contributed by atoms with van der Waals surface area (Å²) in [6.45, 7) is 5.45. The number of carboxylic acids is 1. The minimum atomic E-state index is -0.938. The van der Waals surface area contributed by atoms with Crippen LogP contribution in [0.25, 0.3) is 0 Å². The van der Waals surface area contributed by atoms with Gasteiger partial charge in [0, 0.05) is 18.8 Å². The largest absolute Gasteiger partial charge is 0.478 e. The van der Waals surface area contributed by atoms with Crippen LogP contribution in [0.4, 0.5) is 10.5 Å². The van der Waals surface area contributed by atoms with Crippen LogP contribution in [0.15, 0.2) is 18.2 Å². The molecule has 0 aliphatic carbocycles. The van der Waals surface area contributed by atoms with E-state index in [9.17, 15) is 9.59 Å². The number of carbonyl (C=O) groups excluding carboxylic acids is 1. The summed E-state index contributed by atoms with van der Waals surface area (Å²) in [4.78, 5) is 24.8. The number of rotatable bonds is 4. The van der Waals surface area contributed by atoms with E-state index in [-0.39, 0.29) is 11.6 Å². The smallest absolute Gasteiger partial charge is 0.335 e. The maximum Gasteiger partial charge on any atom is 0.335 e. The third-order valence-electron chi connectivity index (χ3n) is 3.77. The Morgan fingerprint density at radius 1 is 1.45 bits per heavy atom. The number of hydrogen-bond acceptors (Lipinski definition) is 2. The third kappa shape index (κ3) is 2.92. The molecule has 0 saturated carbocycles. The standard InChI is InChI=1S/C15H20N2O3/c1-3-10(2)9-16-15(20)17-7-6-11-8-12(14(18)19)4-5-13(11)17/h4-5,8,10H,3,6-7,9H2,1-2H3,(H,16,20)(H,18,19). The van der Waals surface area contributed by atoms with Crippen molar-refractivity contribution in [2.75, 3.05) is 18.0 Å². The van der Waals surface area contributed by atoms with Crippen LogP contribution in [0.5, 0.6) is 0 Å². The molecule has 1 unspecified atom stereocenters. The van der Waals surface area contributed by atoms with E-state index in [1.54, 1.807) is 23.1 Å². The summed E-state index contributed by atoms with van der Waals surface area (Å²) in [7, 11) is 0. The van der Waals surface area contributed by atoms with Gasteiger partial charge in [-0.15, -0.1) is 0 Å². The maximum atomic E-state index is 12.1. The van der Waals surface area contributed by atoms with Gasteiger partial charge in [0.05, 0.1) is 5.56 Å². The monoisotopic (exact) mass is 276 g/mol. The minimum Gasteiger partial charge on any atom is -0.478 e. The van der Waals surface area contributed by atoms with Gasteiger partial charge in [-0.2, -0.15) is 0 Å². The predicted molar refractivity (Wildman–Crippen MR) is 77.3 cm³/mol. The van der Waals surface area contributed by atoms with E-state index >= 15 is 0 Å². The summed E-state index contributed by atoms with van der Waals surface area (Å²) < 4.78 is 0. The molecule has 2 amide bonds. The second-order valence-corrected chi connectivity index (χ2v) is 5.25. The molecule has 0 bridgehead atoms. The number of anilines is 1. The zero-order valence-corrected chi connectivity index (χ0v) is 11.8. The SMILES string of the molecule is CCC(C)CNC(=O)N1CCc2cc(C(=O)O)ccc21. The van der Waals surface area contributed by atoms with E-state index in [0.29, 0.717) is 25.4 Å². The highest BCUT2D eigenvalue weighted by atomic mass is 16.4. The fourth-order valence-corrected chi connectivity index (χ4v) is 2.25. The summed E-state index contributed by atoms with van der Waals surface area (Å²) in [6.07, 6.45) is 1.73. The van der Waals surface area contributed by atoms with E-state index in [2.05, 4.69) is 19.2 Å². The summed E-state index contributed by atoms with van der Waals surface area (Å²) >= 11 is 0. The number of nitrogens with one attached hydrogen (secondary N) is 1. The molecule has 0 saturated heterocycles. The van der Waals surface area contributed by atoms with Crippen LogP contribution in [0.1, 0.15) is 36.2 Å². The molecule has 108 valence electrons. The number of carbonyl (C=O) groups is 2. The van der Waals surface area contributed by atoms with Crippen LogP contribution in [0.3, 0.4) is 0 Å². The van der Waals surface area contributed by atoms with Gasteiger partial charge in [-0.25, -0.2) is 9.59 Å². The van der Waals surface area contributed by atoms with E-state index in [4.69, 9.17) is 5.11 Å². The average Bonchev–Trinajstić information content (AvgIpc) is 2.87. The van der Waals surface area contributed by atoms with Crippen LogP contribution in [0.2, 0.25) is 0 Å². The van der Waals surface area contributed by atoms with E-state index < -0.39 is 5.97 Å². The number of benzene rings is 1. The Bertz CT molecular complexity index is 528. The second kappa shape index (κ2) is 5.94. The number of aromatic carboxylic acids is 1. The van der Waals surface area contributed by atoms with Crippen LogP contribution in [0, 0.1) is 5.92 Å². The lowest BCUT2D eigenvalue weighted by molar-refractivity contribution is 0.0697. The summed E-state index contributed by atoms with van der Waals surface area (Å²) in [5.74, 6) is -0.483. The Hall–Kier alpha value is -2.04. The van der Waals surface area contributed by atoms with Crippen molar-refractivity contribution in [3.63, 3.8) is 0 Å². The molecule has 2 N–H and O–H groups in total. The molecule has 1 aliphatic rings. The Morgan fingerprint density at radius 3 is 2.85 bits per heavy atom. The van der Waals surface area contributed by atoms with Gasteiger partial charge in [-0.3, -0.25) is 4.90 Å². The van der Waals surface area contributed by atoms with Crippen molar-refractivity contribution < 1.29 is 14.7 Å². The number of amides is 2. The first-order valence-electron chi connectivity index (χ1n) is 6.94. The molecule has 1 aromatic rings. The van der Waals surface area contributed by atoms with Crippen LogP contribution >= 0.6 is 0 Å². The van der Waals surface area contributed by atoms with Gasteiger partial charge in [0.2, 0.25) is 0 Å². The van der Waals surface area contributed by atoms with Gasteiger partial charge in [-0.05, 0) is 36.1 Å². The van der Waals surface area contributed by atoms with E-state index in [1.165, 1.54) is 0 Å². The molecule has 20 heavy (non-hydrogen) atoms. The first-order chi connectivity index (χ1) is 9.52.